The molecule has 0 bridgehead atoms. The van der Waals surface area contributed by atoms with Gasteiger partial charge in [0, 0.05) is 32.5 Å². The second-order valence-electron chi connectivity index (χ2n) is 5.96. The number of rotatable bonds is 6. The third-order valence-corrected chi connectivity index (χ3v) is 3.77. The quantitative estimate of drug-likeness (QED) is 0.844. The Morgan fingerprint density at radius 2 is 1.86 bits per heavy atom. The van der Waals surface area contributed by atoms with Crippen molar-refractivity contribution < 1.29 is 9.84 Å². The number of hydrogen-bond acceptors (Lipinski definition) is 5. The molecule has 1 aromatic rings. The van der Waals surface area contributed by atoms with Crippen LogP contribution in [0.4, 0.5) is 0 Å². The summed E-state index contributed by atoms with van der Waals surface area (Å²) in [4.78, 5) is 6.75. The first-order valence-corrected chi connectivity index (χ1v) is 8.00. The Morgan fingerprint density at radius 3 is 2.43 bits per heavy atom. The standard InChI is InChI=1S/C15H28N4O2/c1-5-14-16-15(6-2)19(17-14)10-13(20)9-18-7-11(3)21-12(4)8-18/h11-13,20H,5-10H2,1-4H3. The monoisotopic (exact) mass is 296 g/mol. The highest BCUT2D eigenvalue weighted by molar-refractivity contribution is 4.93. The van der Waals surface area contributed by atoms with Gasteiger partial charge in [-0.15, -0.1) is 0 Å². The van der Waals surface area contributed by atoms with Crippen LogP contribution in [0.15, 0.2) is 0 Å². The van der Waals surface area contributed by atoms with Crippen LogP contribution in [0, 0.1) is 0 Å². The molecular weight excluding hydrogens is 268 g/mol. The second-order valence-corrected chi connectivity index (χ2v) is 5.96. The minimum absolute atomic E-state index is 0.227. The molecule has 6 nitrogen and oxygen atoms in total. The minimum atomic E-state index is -0.431. The lowest BCUT2D eigenvalue weighted by Gasteiger charge is -2.36. The minimum Gasteiger partial charge on any atom is -0.390 e. The van der Waals surface area contributed by atoms with E-state index < -0.39 is 6.10 Å². The fourth-order valence-electron chi connectivity index (χ4n) is 2.97. The molecule has 1 aromatic heterocycles. The van der Waals surface area contributed by atoms with E-state index in [1.807, 2.05) is 11.6 Å². The van der Waals surface area contributed by atoms with E-state index in [2.05, 4.69) is 35.8 Å². The summed E-state index contributed by atoms with van der Waals surface area (Å²) in [6.07, 6.45) is 1.69. The molecule has 6 heteroatoms. The Hall–Kier alpha value is -0.980. The van der Waals surface area contributed by atoms with Gasteiger partial charge in [0.2, 0.25) is 0 Å². The maximum Gasteiger partial charge on any atom is 0.150 e. The number of nitrogens with zero attached hydrogens (tertiary/aromatic N) is 4. The van der Waals surface area contributed by atoms with Crippen LogP contribution >= 0.6 is 0 Å². The predicted molar refractivity (Wildman–Crippen MR) is 81.2 cm³/mol. The Bertz CT molecular complexity index is 439. The third kappa shape index (κ3) is 4.49. The number of aliphatic hydroxyl groups excluding tert-OH is 1. The predicted octanol–water partition coefficient (Wildman–Crippen LogP) is 0.873. The molecular formula is C15H28N4O2. The lowest BCUT2D eigenvalue weighted by Crippen LogP contribution is -2.48. The number of ether oxygens (including phenoxy) is 1. The van der Waals surface area contributed by atoms with E-state index >= 15 is 0 Å². The van der Waals surface area contributed by atoms with Crippen molar-refractivity contribution in [1.29, 1.82) is 0 Å². The van der Waals surface area contributed by atoms with Crippen LogP contribution in [-0.4, -0.2) is 62.7 Å². The van der Waals surface area contributed by atoms with Gasteiger partial charge in [-0.3, -0.25) is 4.90 Å². The summed E-state index contributed by atoms with van der Waals surface area (Å²) in [5.41, 5.74) is 0. The van der Waals surface area contributed by atoms with Gasteiger partial charge in [0.1, 0.15) is 5.82 Å². The highest BCUT2D eigenvalue weighted by Crippen LogP contribution is 2.11. The van der Waals surface area contributed by atoms with Gasteiger partial charge in [-0.2, -0.15) is 5.10 Å². The highest BCUT2D eigenvalue weighted by Gasteiger charge is 2.24. The summed E-state index contributed by atoms with van der Waals surface area (Å²) in [6, 6.07) is 0. The number of aryl methyl sites for hydroxylation is 2. The molecule has 1 fully saturated rings. The summed E-state index contributed by atoms with van der Waals surface area (Å²) < 4.78 is 7.58. The molecule has 1 aliphatic heterocycles. The molecule has 2 rings (SSSR count). The van der Waals surface area contributed by atoms with Crippen LogP contribution in [0.3, 0.4) is 0 Å². The van der Waals surface area contributed by atoms with Gasteiger partial charge < -0.3 is 9.84 Å². The zero-order chi connectivity index (χ0) is 15.4. The molecule has 1 aliphatic rings. The topological polar surface area (TPSA) is 63.4 Å². The fraction of sp³-hybridized carbons (Fsp3) is 0.867. The van der Waals surface area contributed by atoms with E-state index in [0.717, 1.165) is 37.6 Å². The number of aromatic nitrogens is 3. The van der Waals surface area contributed by atoms with E-state index in [0.29, 0.717) is 13.1 Å². The summed E-state index contributed by atoms with van der Waals surface area (Å²) in [7, 11) is 0. The van der Waals surface area contributed by atoms with Crippen molar-refractivity contribution in [1.82, 2.24) is 19.7 Å². The molecule has 0 saturated carbocycles. The zero-order valence-corrected chi connectivity index (χ0v) is 13.6. The van der Waals surface area contributed by atoms with Crippen LogP contribution in [-0.2, 0) is 24.1 Å². The van der Waals surface area contributed by atoms with Crippen LogP contribution in [0.5, 0.6) is 0 Å². The summed E-state index contributed by atoms with van der Waals surface area (Å²) in [6.45, 7) is 11.2. The molecule has 120 valence electrons. The largest absolute Gasteiger partial charge is 0.390 e. The summed E-state index contributed by atoms with van der Waals surface area (Å²) in [5, 5.41) is 14.8. The molecule has 0 aliphatic carbocycles. The lowest BCUT2D eigenvalue weighted by molar-refractivity contribution is -0.0774. The summed E-state index contributed by atoms with van der Waals surface area (Å²) in [5.74, 6) is 1.81. The van der Waals surface area contributed by atoms with Gasteiger partial charge in [0.25, 0.3) is 0 Å². The first-order valence-electron chi connectivity index (χ1n) is 8.00. The smallest absolute Gasteiger partial charge is 0.150 e. The van der Waals surface area contributed by atoms with Crippen LogP contribution in [0.2, 0.25) is 0 Å². The van der Waals surface area contributed by atoms with Crippen LogP contribution < -0.4 is 0 Å². The summed E-state index contributed by atoms with van der Waals surface area (Å²) >= 11 is 0. The van der Waals surface area contributed by atoms with Crippen molar-refractivity contribution in [3.63, 3.8) is 0 Å². The van der Waals surface area contributed by atoms with E-state index in [1.165, 1.54) is 0 Å². The molecule has 21 heavy (non-hydrogen) atoms. The molecule has 0 spiro atoms. The third-order valence-electron chi connectivity index (χ3n) is 3.77. The Kier molecular flexibility index (Phi) is 5.72. The van der Waals surface area contributed by atoms with Crippen molar-refractivity contribution in [2.24, 2.45) is 0 Å². The molecule has 1 N–H and O–H groups in total. The van der Waals surface area contributed by atoms with Gasteiger partial charge in [0.05, 0.1) is 24.9 Å². The lowest BCUT2D eigenvalue weighted by atomic mass is 10.2. The molecule has 0 radical (unpaired) electrons. The molecule has 2 heterocycles. The van der Waals surface area contributed by atoms with Gasteiger partial charge >= 0.3 is 0 Å². The maximum atomic E-state index is 10.4. The van der Waals surface area contributed by atoms with E-state index in [9.17, 15) is 5.11 Å². The van der Waals surface area contributed by atoms with Crippen molar-refractivity contribution in [3.05, 3.63) is 11.6 Å². The highest BCUT2D eigenvalue weighted by atomic mass is 16.5. The zero-order valence-electron chi connectivity index (χ0n) is 13.6. The van der Waals surface area contributed by atoms with E-state index in [1.54, 1.807) is 0 Å². The van der Waals surface area contributed by atoms with E-state index in [4.69, 9.17) is 4.74 Å². The maximum absolute atomic E-state index is 10.4. The number of morpholine rings is 1. The van der Waals surface area contributed by atoms with Crippen molar-refractivity contribution in [3.8, 4) is 0 Å². The first kappa shape index (κ1) is 16.4. The average molecular weight is 296 g/mol. The molecule has 0 amide bonds. The van der Waals surface area contributed by atoms with Crippen molar-refractivity contribution >= 4 is 0 Å². The van der Waals surface area contributed by atoms with Gasteiger partial charge in [-0.05, 0) is 13.8 Å². The number of hydrogen-bond donors (Lipinski definition) is 1. The molecule has 3 atom stereocenters. The Balaban J connectivity index is 1.92. The van der Waals surface area contributed by atoms with Gasteiger partial charge in [-0.25, -0.2) is 9.67 Å². The average Bonchev–Trinajstić information content (AvgIpc) is 2.79. The normalized spacial score (nSPS) is 25.2. The Morgan fingerprint density at radius 1 is 1.19 bits per heavy atom. The number of β-amino-alcohol motifs (C(OH)–C–C–N with tert-alkyl or cyclic N) is 1. The van der Waals surface area contributed by atoms with Crippen LogP contribution in [0.1, 0.15) is 39.3 Å². The SMILES string of the molecule is CCc1nc(CC)n(CC(O)CN2CC(C)OC(C)C2)n1. The van der Waals surface area contributed by atoms with Gasteiger partial charge in [-0.1, -0.05) is 13.8 Å². The van der Waals surface area contributed by atoms with Crippen LogP contribution in [0.25, 0.3) is 0 Å². The number of aliphatic hydroxyl groups is 1. The Labute approximate surface area is 127 Å². The first-order chi connectivity index (χ1) is 10.0. The molecule has 1 saturated heterocycles. The van der Waals surface area contributed by atoms with E-state index in [-0.39, 0.29) is 12.2 Å². The fourth-order valence-corrected chi connectivity index (χ4v) is 2.97. The second kappa shape index (κ2) is 7.33. The van der Waals surface area contributed by atoms with Crippen molar-refractivity contribution in [2.45, 2.75) is 65.4 Å². The molecule has 3 unspecified atom stereocenters. The van der Waals surface area contributed by atoms with Gasteiger partial charge in [0.15, 0.2) is 5.82 Å². The molecule has 0 aromatic carbocycles. The van der Waals surface area contributed by atoms with Crippen molar-refractivity contribution in [2.75, 3.05) is 19.6 Å².